The Labute approximate surface area is 113 Å². The molecule has 1 unspecified atom stereocenters. The van der Waals surface area contributed by atoms with Crippen LogP contribution in [0.5, 0.6) is 0 Å². The fourth-order valence-corrected chi connectivity index (χ4v) is 1.68. The van der Waals surface area contributed by atoms with Gasteiger partial charge in [0.1, 0.15) is 5.82 Å². The smallest absolute Gasteiger partial charge is 0.318 e. The fraction of sp³-hybridized carbons (Fsp3) is 0.750. The van der Waals surface area contributed by atoms with Gasteiger partial charge in [-0.1, -0.05) is 6.92 Å². The van der Waals surface area contributed by atoms with E-state index in [0.717, 1.165) is 12.2 Å². The number of H-pyrrole nitrogens is 1. The summed E-state index contributed by atoms with van der Waals surface area (Å²) in [6.45, 7) is 7.54. The van der Waals surface area contributed by atoms with Crippen molar-refractivity contribution in [3.63, 3.8) is 0 Å². The van der Waals surface area contributed by atoms with Gasteiger partial charge in [-0.05, 0) is 20.3 Å². The van der Waals surface area contributed by atoms with E-state index in [2.05, 4.69) is 20.5 Å². The number of aromatic nitrogens is 3. The van der Waals surface area contributed by atoms with Gasteiger partial charge in [-0.15, -0.1) is 0 Å². The number of aryl methyl sites for hydroxylation is 1. The molecule has 0 bridgehead atoms. The van der Waals surface area contributed by atoms with Crippen molar-refractivity contribution in [3.8, 4) is 0 Å². The summed E-state index contributed by atoms with van der Waals surface area (Å²) in [6.07, 6.45) is 0.908. The van der Waals surface area contributed by atoms with Crippen molar-refractivity contribution in [1.29, 1.82) is 0 Å². The predicted molar refractivity (Wildman–Crippen MR) is 71.8 cm³/mol. The Morgan fingerprint density at radius 3 is 2.79 bits per heavy atom. The topological polar surface area (TPSA) is 83.1 Å². The van der Waals surface area contributed by atoms with E-state index in [1.54, 1.807) is 12.0 Å². The number of nitrogens with one attached hydrogen (secondary N) is 2. The molecule has 0 saturated heterocycles. The number of nitrogens with zero attached hydrogens (tertiary/aromatic N) is 3. The van der Waals surface area contributed by atoms with Gasteiger partial charge in [-0.3, -0.25) is 5.10 Å². The van der Waals surface area contributed by atoms with Crippen LogP contribution >= 0.6 is 0 Å². The summed E-state index contributed by atoms with van der Waals surface area (Å²) in [7, 11) is 1.63. The van der Waals surface area contributed by atoms with E-state index in [-0.39, 0.29) is 12.1 Å². The lowest BCUT2D eigenvalue weighted by atomic mass is 10.3. The molecule has 1 atom stereocenters. The molecule has 2 amide bonds. The molecule has 1 heterocycles. The van der Waals surface area contributed by atoms with Crippen LogP contribution in [0.2, 0.25) is 0 Å². The number of carbonyl (C=O) groups is 1. The van der Waals surface area contributed by atoms with Crippen LogP contribution in [0.25, 0.3) is 0 Å². The first kappa shape index (κ1) is 15.4. The van der Waals surface area contributed by atoms with Gasteiger partial charge in [-0.25, -0.2) is 9.78 Å². The minimum absolute atomic E-state index is 0.117. The van der Waals surface area contributed by atoms with Crippen LogP contribution < -0.4 is 5.32 Å². The Morgan fingerprint density at radius 1 is 1.53 bits per heavy atom. The molecule has 2 N–H and O–H groups in total. The predicted octanol–water partition coefficient (Wildman–Crippen LogP) is 1.24. The second-order valence-corrected chi connectivity index (χ2v) is 4.43. The third-order valence-electron chi connectivity index (χ3n) is 2.69. The van der Waals surface area contributed by atoms with Crippen molar-refractivity contribution in [2.45, 2.75) is 33.2 Å². The van der Waals surface area contributed by atoms with E-state index in [9.17, 15) is 4.79 Å². The van der Waals surface area contributed by atoms with Crippen LogP contribution in [0.3, 0.4) is 0 Å². The standard InChI is InChI=1S/C12H23N5O2/c1-5-6-17(7-8-19-4)12(18)13-9(2)11-14-10(3)15-16-11/h9H,5-8H2,1-4H3,(H,13,18)(H,14,15,16). The molecule has 0 radical (unpaired) electrons. The summed E-state index contributed by atoms with van der Waals surface area (Å²) in [5.41, 5.74) is 0. The molecule has 19 heavy (non-hydrogen) atoms. The first-order valence-electron chi connectivity index (χ1n) is 6.51. The van der Waals surface area contributed by atoms with E-state index in [1.165, 1.54) is 0 Å². The Balaban J connectivity index is 2.54. The maximum atomic E-state index is 12.1. The van der Waals surface area contributed by atoms with Crippen LogP contribution in [0.1, 0.15) is 38.0 Å². The van der Waals surface area contributed by atoms with E-state index in [0.29, 0.717) is 25.5 Å². The average molecular weight is 269 g/mol. The van der Waals surface area contributed by atoms with Gasteiger partial charge < -0.3 is 15.0 Å². The number of aromatic amines is 1. The Morgan fingerprint density at radius 2 is 2.26 bits per heavy atom. The number of rotatable bonds is 7. The Hall–Kier alpha value is -1.63. The highest BCUT2D eigenvalue weighted by molar-refractivity contribution is 5.74. The molecule has 0 spiro atoms. The SMILES string of the molecule is CCCN(CCOC)C(=O)NC(C)c1n[nH]c(C)n1. The van der Waals surface area contributed by atoms with Crippen LogP contribution in [-0.4, -0.2) is 52.9 Å². The highest BCUT2D eigenvalue weighted by Gasteiger charge is 2.17. The molecular formula is C12H23N5O2. The summed E-state index contributed by atoms with van der Waals surface area (Å²) in [4.78, 5) is 18.1. The minimum atomic E-state index is -0.223. The van der Waals surface area contributed by atoms with Gasteiger partial charge >= 0.3 is 6.03 Å². The molecule has 1 rings (SSSR count). The highest BCUT2D eigenvalue weighted by Crippen LogP contribution is 2.07. The van der Waals surface area contributed by atoms with Crippen molar-refractivity contribution >= 4 is 6.03 Å². The van der Waals surface area contributed by atoms with Gasteiger partial charge in [0, 0.05) is 20.2 Å². The molecule has 0 aromatic carbocycles. The Kier molecular flexibility index (Phi) is 6.27. The first-order chi connectivity index (χ1) is 9.08. The van der Waals surface area contributed by atoms with E-state index in [1.807, 2.05) is 20.8 Å². The summed E-state index contributed by atoms with van der Waals surface area (Å²) in [5, 5.41) is 9.70. The summed E-state index contributed by atoms with van der Waals surface area (Å²) >= 11 is 0. The quantitative estimate of drug-likeness (QED) is 0.780. The highest BCUT2D eigenvalue weighted by atomic mass is 16.5. The zero-order valence-corrected chi connectivity index (χ0v) is 12.1. The molecule has 108 valence electrons. The monoisotopic (exact) mass is 269 g/mol. The number of amides is 2. The minimum Gasteiger partial charge on any atom is -0.383 e. The molecule has 0 aliphatic carbocycles. The van der Waals surface area contributed by atoms with Crippen molar-refractivity contribution in [2.75, 3.05) is 26.8 Å². The van der Waals surface area contributed by atoms with Crippen molar-refractivity contribution in [1.82, 2.24) is 25.4 Å². The van der Waals surface area contributed by atoms with E-state index < -0.39 is 0 Å². The van der Waals surface area contributed by atoms with Crippen LogP contribution in [0, 0.1) is 6.92 Å². The lowest BCUT2D eigenvalue weighted by Crippen LogP contribution is -2.43. The van der Waals surface area contributed by atoms with Crippen molar-refractivity contribution in [2.24, 2.45) is 0 Å². The summed E-state index contributed by atoms with van der Waals surface area (Å²) in [6, 6.07) is -0.340. The molecule has 1 aromatic heterocycles. The lowest BCUT2D eigenvalue weighted by molar-refractivity contribution is 0.147. The van der Waals surface area contributed by atoms with Gasteiger partial charge in [0.15, 0.2) is 5.82 Å². The number of methoxy groups -OCH3 is 1. The summed E-state index contributed by atoms with van der Waals surface area (Å²) < 4.78 is 5.01. The normalized spacial score (nSPS) is 12.2. The lowest BCUT2D eigenvalue weighted by Gasteiger charge is -2.23. The second-order valence-electron chi connectivity index (χ2n) is 4.43. The third kappa shape index (κ3) is 4.86. The van der Waals surface area contributed by atoms with Gasteiger partial charge in [0.05, 0.1) is 12.6 Å². The molecule has 7 heteroatoms. The Bertz CT molecular complexity index is 393. The van der Waals surface area contributed by atoms with Crippen LogP contribution in [0.4, 0.5) is 4.79 Å². The zero-order chi connectivity index (χ0) is 14.3. The molecule has 0 saturated carbocycles. The van der Waals surface area contributed by atoms with E-state index >= 15 is 0 Å². The second kappa shape index (κ2) is 7.73. The summed E-state index contributed by atoms with van der Waals surface area (Å²) in [5.74, 6) is 1.33. The van der Waals surface area contributed by atoms with Crippen molar-refractivity contribution in [3.05, 3.63) is 11.6 Å². The van der Waals surface area contributed by atoms with Gasteiger partial charge in [0.2, 0.25) is 0 Å². The number of ether oxygens (including phenoxy) is 1. The van der Waals surface area contributed by atoms with E-state index in [4.69, 9.17) is 4.74 Å². The van der Waals surface area contributed by atoms with Crippen LogP contribution in [0.15, 0.2) is 0 Å². The van der Waals surface area contributed by atoms with Crippen molar-refractivity contribution < 1.29 is 9.53 Å². The third-order valence-corrected chi connectivity index (χ3v) is 2.69. The zero-order valence-electron chi connectivity index (χ0n) is 12.1. The molecule has 7 nitrogen and oxygen atoms in total. The maximum Gasteiger partial charge on any atom is 0.318 e. The average Bonchev–Trinajstić information content (AvgIpc) is 2.81. The number of hydrogen-bond donors (Lipinski definition) is 2. The number of urea groups is 1. The van der Waals surface area contributed by atoms with Gasteiger partial charge in [0.25, 0.3) is 0 Å². The first-order valence-corrected chi connectivity index (χ1v) is 6.51. The number of hydrogen-bond acceptors (Lipinski definition) is 4. The largest absolute Gasteiger partial charge is 0.383 e. The molecule has 0 aliphatic rings. The molecule has 0 aliphatic heterocycles. The van der Waals surface area contributed by atoms with Crippen LogP contribution in [-0.2, 0) is 4.74 Å². The molecule has 1 aromatic rings. The molecular weight excluding hydrogens is 246 g/mol. The maximum absolute atomic E-state index is 12.1. The number of carbonyl (C=O) groups excluding carboxylic acids is 1. The van der Waals surface area contributed by atoms with Gasteiger partial charge in [-0.2, -0.15) is 5.10 Å². The molecule has 0 fully saturated rings. The fourth-order valence-electron chi connectivity index (χ4n) is 1.68.